The summed E-state index contributed by atoms with van der Waals surface area (Å²) in [5, 5.41) is 3.75. The van der Waals surface area contributed by atoms with Crippen molar-refractivity contribution >= 4 is 50.0 Å². The zero-order valence-electron chi connectivity index (χ0n) is 11.7. The summed E-state index contributed by atoms with van der Waals surface area (Å²) in [6.45, 7) is 0. The van der Waals surface area contributed by atoms with Gasteiger partial charge in [-0.25, -0.2) is 4.39 Å². The van der Waals surface area contributed by atoms with E-state index in [9.17, 15) is 12.8 Å². The predicted molar refractivity (Wildman–Crippen MR) is 90.2 cm³/mol. The first-order valence-corrected chi connectivity index (χ1v) is 8.74. The number of hydrazone groups is 1. The van der Waals surface area contributed by atoms with Crippen molar-refractivity contribution < 1.29 is 12.8 Å². The van der Waals surface area contributed by atoms with Gasteiger partial charge in [0.25, 0.3) is 10.0 Å². The summed E-state index contributed by atoms with van der Waals surface area (Å²) in [4.78, 5) is -0.0303. The minimum atomic E-state index is -3.95. The first-order chi connectivity index (χ1) is 10.7. The summed E-state index contributed by atoms with van der Waals surface area (Å²) in [5.41, 5.74) is -0.172. The maximum atomic E-state index is 13.8. The molecule has 122 valence electrons. The molecule has 0 saturated carbocycles. The molecule has 0 aliphatic rings. The van der Waals surface area contributed by atoms with Crippen LogP contribution in [0.25, 0.3) is 0 Å². The van der Waals surface area contributed by atoms with Gasteiger partial charge in [-0.1, -0.05) is 40.9 Å². The van der Waals surface area contributed by atoms with Gasteiger partial charge in [-0.2, -0.15) is 12.8 Å². The highest BCUT2D eigenvalue weighted by Gasteiger charge is 2.21. The maximum absolute atomic E-state index is 13.8. The van der Waals surface area contributed by atoms with Gasteiger partial charge in [0.15, 0.2) is 5.17 Å². The lowest BCUT2D eigenvalue weighted by Crippen LogP contribution is -2.23. The fourth-order valence-corrected chi connectivity index (χ4v) is 3.43. The van der Waals surface area contributed by atoms with E-state index in [1.54, 1.807) is 0 Å². The Bertz CT molecular complexity index is 835. The van der Waals surface area contributed by atoms with E-state index in [0.717, 1.165) is 6.07 Å². The SMILES string of the molecule is CN(N=C(Cl)c1c(F)cccc1Cl)S(=O)(=O)c1ccc(Cl)cc1. The van der Waals surface area contributed by atoms with Gasteiger partial charge in [-0.3, -0.25) is 0 Å². The van der Waals surface area contributed by atoms with Gasteiger partial charge in [0.05, 0.1) is 15.5 Å². The summed E-state index contributed by atoms with van der Waals surface area (Å²) in [6, 6.07) is 9.49. The topological polar surface area (TPSA) is 49.7 Å². The Kier molecular flexibility index (Phi) is 5.52. The molecule has 0 spiro atoms. The number of nitrogens with zero attached hydrogens (tertiary/aromatic N) is 2. The zero-order valence-corrected chi connectivity index (χ0v) is 14.8. The van der Waals surface area contributed by atoms with E-state index in [4.69, 9.17) is 34.8 Å². The van der Waals surface area contributed by atoms with Gasteiger partial charge in [0.1, 0.15) is 5.82 Å². The van der Waals surface area contributed by atoms with Crippen LogP contribution in [0.15, 0.2) is 52.5 Å². The van der Waals surface area contributed by atoms with Crippen LogP contribution in [0.3, 0.4) is 0 Å². The van der Waals surface area contributed by atoms with Crippen LogP contribution >= 0.6 is 34.8 Å². The van der Waals surface area contributed by atoms with Crippen LogP contribution in [0.2, 0.25) is 10.0 Å². The number of halogens is 4. The molecule has 0 radical (unpaired) electrons. The first-order valence-electron chi connectivity index (χ1n) is 6.16. The molecule has 9 heteroatoms. The molecule has 0 bridgehead atoms. The second kappa shape index (κ2) is 7.05. The minimum Gasteiger partial charge on any atom is -0.206 e. The van der Waals surface area contributed by atoms with E-state index in [0.29, 0.717) is 9.44 Å². The Hall–Kier alpha value is -1.34. The molecule has 2 aromatic carbocycles. The molecule has 0 atom stereocenters. The van der Waals surface area contributed by atoms with E-state index in [1.165, 1.54) is 43.4 Å². The van der Waals surface area contributed by atoms with Gasteiger partial charge in [-0.05, 0) is 36.4 Å². The standard InChI is InChI=1S/C14H10Cl3FN2O2S/c1-20(23(21,22)10-7-5-9(15)6-8-10)19-14(17)13-11(16)3-2-4-12(13)18/h2-8H,1H3. The third-order valence-corrected chi connectivity index (χ3v) is 5.33. The van der Waals surface area contributed by atoms with Crippen LogP contribution in [0.4, 0.5) is 4.39 Å². The molecule has 0 aliphatic carbocycles. The van der Waals surface area contributed by atoms with E-state index in [2.05, 4.69) is 5.10 Å². The zero-order chi connectivity index (χ0) is 17.2. The van der Waals surface area contributed by atoms with E-state index < -0.39 is 15.8 Å². The lowest BCUT2D eigenvalue weighted by Gasteiger charge is -2.15. The molecule has 0 unspecified atom stereocenters. The molecule has 0 amide bonds. The largest absolute Gasteiger partial charge is 0.278 e. The van der Waals surface area contributed by atoms with Crippen LogP contribution in [-0.2, 0) is 10.0 Å². The van der Waals surface area contributed by atoms with Gasteiger partial charge in [0.2, 0.25) is 0 Å². The summed E-state index contributed by atoms with van der Waals surface area (Å²) in [6.07, 6.45) is 0. The van der Waals surface area contributed by atoms with Gasteiger partial charge in [0, 0.05) is 12.1 Å². The Morgan fingerprint density at radius 3 is 2.30 bits per heavy atom. The minimum absolute atomic E-state index is 0.0241. The number of sulfonamides is 1. The normalized spacial score (nSPS) is 12.3. The van der Waals surface area contributed by atoms with Gasteiger partial charge < -0.3 is 0 Å². The fourth-order valence-electron chi connectivity index (χ4n) is 1.68. The highest BCUT2D eigenvalue weighted by Crippen LogP contribution is 2.23. The number of hydrogen-bond donors (Lipinski definition) is 0. The van der Waals surface area contributed by atoms with Crippen molar-refractivity contribution in [2.75, 3.05) is 7.05 Å². The molecule has 0 heterocycles. The average Bonchev–Trinajstić information content (AvgIpc) is 2.47. The van der Waals surface area contributed by atoms with Gasteiger partial charge >= 0.3 is 0 Å². The Balaban J connectivity index is 2.40. The summed E-state index contributed by atoms with van der Waals surface area (Å²) in [5.74, 6) is -0.705. The van der Waals surface area contributed by atoms with E-state index in [-0.39, 0.29) is 20.7 Å². The van der Waals surface area contributed by atoms with Crippen molar-refractivity contribution in [2.45, 2.75) is 4.90 Å². The van der Waals surface area contributed by atoms with E-state index in [1.807, 2.05) is 0 Å². The fraction of sp³-hybridized carbons (Fsp3) is 0.0714. The van der Waals surface area contributed by atoms with Gasteiger partial charge in [-0.15, -0.1) is 5.10 Å². The van der Waals surface area contributed by atoms with Crippen molar-refractivity contribution in [1.29, 1.82) is 0 Å². The smallest absolute Gasteiger partial charge is 0.206 e. The number of rotatable bonds is 4. The summed E-state index contributed by atoms with van der Waals surface area (Å²) in [7, 11) is -2.77. The lowest BCUT2D eigenvalue weighted by atomic mass is 10.2. The second-order valence-electron chi connectivity index (χ2n) is 4.38. The molecule has 0 aromatic heterocycles. The lowest BCUT2D eigenvalue weighted by molar-refractivity contribution is 0.490. The highest BCUT2D eigenvalue weighted by molar-refractivity contribution is 7.89. The van der Waals surface area contributed by atoms with Crippen LogP contribution in [0.5, 0.6) is 0 Å². The third kappa shape index (κ3) is 3.95. The average molecular weight is 396 g/mol. The van der Waals surface area contributed by atoms with Crippen molar-refractivity contribution in [3.63, 3.8) is 0 Å². The quantitative estimate of drug-likeness (QED) is 0.571. The van der Waals surface area contributed by atoms with Crippen LogP contribution in [0, 0.1) is 5.82 Å². The molecule has 0 aliphatic heterocycles. The molecule has 2 aromatic rings. The monoisotopic (exact) mass is 394 g/mol. The summed E-state index contributed by atoms with van der Waals surface area (Å²) >= 11 is 17.5. The van der Waals surface area contributed by atoms with Crippen molar-refractivity contribution in [1.82, 2.24) is 4.41 Å². The predicted octanol–water partition coefficient (Wildman–Crippen LogP) is 4.35. The molecule has 4 nitrogen and oxygen atoms in total. The molecule has 0 N–H and O–H groups in total. The van der Waals surface area contributed by atoms with Crippen molar-refractivity contribution in [2.24, 2.45) is 5.10 Å². The van der Waals surface area contributed by atoms with Crippen LogP contribution in [-0.4, -0.2) is 25.1 Å². The van der Waals surface area contributed by atoms with Crippen LogP contribution < -0.4 is 0 Å². The van der Waals surface area contributed by atoms with E-state index >= 15 is 0 Å². The third-order valence-electron chi connectivity index (χ3n) is 2.86. The molecule has 2 rings (SSSR count). The molecule has 0 saturated heterocycles. The van der Waals surface area contributed by atoms with Crippen molar-refractivity contribution in [3.8, 4) is 0 Å². The molecular weight excluding hydrogens is 386 g/mol. The Morgan fingerprint density at radius 1 is 1.13 bits per heavy atom. The number of hydrogen-bond acceptors (Lipinski definition) is 3. The molecule has 23 heavy (non-hydrogen) atoms. The van der Waals surface area contributed by atoms with Crippen molar-refractivity contribution in [3.05, 3.63) is 63.9 Å². The van der Waals surface area contributed by atoms with Crippen LogP contribution in [0.1, 0.15) is 5.56 Å². The first kappa shape index (κ1) is 18.0. The second-order valence-corrected chi connectivity index (χ2v) is 7.53. The maximum Gasteiger partial charge on any atom is 0.278 e. The highest BCUT2D eigenvalue weighted by atomic mass is 35.5. The Morgan fingerprint density at radius 2 is 1.74 bits per heavy atom. The Labute approximate surface area is 148 Å². The summed E-state index contributed by atoms with van der Waals surface area (Å²) < 4.78 is 39.2. The molecular formula is C14H10Cl3FN2O2S. The molecule has 0 fully saturated rings. The number of benzene rings is 2.